The molecule has 132 valence electrons. The average molecular weight is 337 g/mol. The van der Waals surface area contributed by atoms with Gasteiger partial charge in [0.05, 0.1) is 5.70 Å². The van der Waals surface area contributed by atoms with Crippen molar-refractivity contribution in [1.82, 2.24) is 14.7 Å². The van der Waals surface area contributed by atoms with Gasteiger partial charge in [-0.3, -0.25) is 9.59 Å². The lowest BCUT2D eigenvalue weighted by molar-refractivity contribution is -0.314. The van der Waals surface area contributed by atoms with E-state index in [1.807, 2.05) is 14.7 Å². The van der Waals surface area contributed by atoms with Crippen molar-refractivity contribution in [2.45, 2.75) is 25.7 Å². The zero-order valence-corrected chi connectivity index (χ0v) is 13.7. The quantitative estimate of drug-likeness (QED) is 0.320. The van der Waals surface area contributed by atoms with Crippen LogP contribution in [-0.2, 0) is 9.59 Å². The van der Waals surface area contributed by atoms with Gasteiger partial charge in [-0.1, -0.05) is 6.92 Å². The zero-order chi connectivity index (χ0) is 17.5. The molecule has 24 heavy (non-hydrogen) atoms. The third kappa shape index (κ3) is 3.95. The number of nitrogens with zero attached hydrogens (tertiary/aromatic N) is 3. The van der Waals surface area contributed by atoms with Gasteiger partial charge in [0, 0.05) is 51.8 Å². The van der Waals surface area contributed by atoms with Crippen LogP contribution in [0, 0.1) is 0 Å². The maximum atomic E-state index is 12.4. The van der Waals surface area contributed by atoms with E-state index < -0.39 is 5.97 Å². The summed E-state index contributed by atoms with van der Waals surface area (Å²) in [7, 11) is 0. The van der Waals surface area contributed by atoms with Gasteiger partial charge in [-0.05, 0) is 6.42 Å². The lowest BCUT2D eigenvalue weighted by Gasteiger charge is -2.21. The highest BCUT2D eigenvalue weighted by Gasteiger charge is 2.43. The number of carbonyl (C=O) groups excluding carboxylic acids is 2. The van der Waals surface area contributed by atoms with Crippen molar-refractivity contribution in [3.05, 3.63) is 23.2 Å². The fraction of sp³-hybridized carbons (Fsp3) is 0.625. The van der Waals surface area contributed by atoms with Gasteiger partial charge in [-0.25, -0.2) is 0 Å². The minimum absolute atomic E-state index is 0.00546. The van der Waals surface area contributed by atoms with Gasteiger partial charge < -0.3 is 30.0 Å². The lowest BCUT2D eigenvalue weighted by atomic mass is 10.0. The molecule has 0 aromatic rings. The van der Waals surface area contributed by atoms with Gasteiger partial charge in [-0.15, -0.1) is 0 Å². The maximum Gasteiger partial charge on any atom is 0.275 e. The van der Waals surface area contributed by atoms with E-state index in [0.717, 1.165) is 39.3 Å². The first-order valence-electron chi connectivity index (χ1n) is 8.29. The van der Waals surface area contributed by atoms with E-state index in [2.05, 4.69) is 0 Å². The highest BCUT2D eigenvalue weighted by atomic mass is 16.7. The molecule has 0 aromatic heterocycles. The maximum absolute atomic E-state index is 12.4. The molecule has 0 unspecified atom stereocenters. The topological polar surface area (TPSA) is 104 Å². The monoisotopic (exact) mass is 337 g/mol. The van der Waals surface area contributed by atoms with Gasteiger partial charge in [0.1, 0.15) is 11.4 Å². The summed E-state index contributed by atoms with van der Waals surface area (Å²) >= 11 is 0. The Morgan fingerprint density at radius 3 is 1.79 bits per heavy atom. The molecule has 8 nitrogen and oxygen atoms in total. The summed E-state index contributed by atoms with van der Waals surface area (Å²) in [6, 6.07) is 0. The Bertz CT molecular complexity index is 608. The SMILES string of the molecule is CCCC(O)(O)O.O=C1C=C(N2CC2)C(=O)C(N2CC2)=C1N1CC1. The molecule has 0 atom stereocenters. The lowest BCUT2D eigenvalue weighted by Crippen LogP contribution is -2.29. The third-order valence-electron chi connectivity index (χ3n) is 4.07. The van der Waals surface area contributed by atoms with E-state index in [-0.39, 0.29) is 18.0 Å². The fourth-order valence-electron chi connectivity index (χ4n) is 2.61. The molecule has 4 rings (SSSR count). The second-order valence-electron chi connectivity index (χ2n) is 6.41. The summed E-state index contributed by atoms with van der Waals surface area (Å²) in [6.07, 6.45) is 2.09. The second kappa shape index (κ2) is 6.19. The van der Waals surface area contributed by atoms with Crippen LogP contribution < -0.4 is 0 Å². The van der Waals surface area contributed by atoms with Crippen molar-refractivity contribution in [1.29, 1.82) is 0 Å². The van der Waals surface area contributed by atoms with Crippen molar-refractivity contribution in [2.75, 3.05) is 39.3 Å². The summed E-state index contributed by atoms with van der Waals surface area (Å²) in [4.78, 5) is 30.5. The Morgan fingerprint density at radius 2 is 1.42 bits per heavy atom. The Balaban J connectivity index is 0.000000209. The van der Waals surface area contributed by atoms with Crippen LogP contribution in [0.25, 0.3) is 0 Å². The molecule has 3 aliphatic heterocycles. The zero-order valence-electron chi connectivity index (χ0n) is 13.7. The van der Waals surface area contributed by atoms with Gasteiger partial charge in [0.2, 0.25) is 11.6 Å². The molecule has 0 saturated carbocycles. The highest BCUT2D eigenvalue weighted by Crippen LogP contribution is 2.33. The van der Waals surface area contributed by atoms with Crippen LogP contribution in [0.5, 0.6) is 0 Å². The van der Waals surface area contributed by atoms with Gasteiger partial charge in [-0.2, -0.15) is 0 Å². The third-order valence-corrected chi connectivity index (χ3v) is 4.07. The Morgan fingerprint density at radius 1 is 0.917 bits per heavy atom. The first-order chi connectivity index (χ1) is 11.3. The fourth-order valence-corrected chi connectivity index (χ4v) is 2.61. The standard InChI is InChI=1S/C12H13N3O2.C4H10O3/c16-9-7-8(13-1-2-13)12(17)11(15-5-6-15)10(9)14-3-4-14;1-2-3-4(5,6)7/h7H,1-6H2;5-7H,2-3H2,1H3. The molecule has 3 N–H and O–H groups in total. The predicted octanol–water partition coefficient (Wildman–Crippen LogP) is -1.40. The number of hydrogen-bond donors (Lipinski definition) is 3. The summed E-state index contributed by atoms with van der Waals surface area (Å²) < 4.78 is 0. The average Bonchev–Trinajstić information content (AvgIpc) is 3.36. The van der Waals surface area contributed by atoms with Gasteiger partial charge >= 0.3 is 0 Å². The van der Waals surface area contributed by atoms with E-state index in [4.69, 9.17) is 15.3 Å². The summed E-state index contributed by atoms with van der Waals surface area (Å²) in [5.41, 5.74) is 1.89. The van der Waals surface area contributed by atoms with Crippen molar-refractivity contribution in [3.8, 4) is 0 Å². The van der Waals surface area contributed by atoms with Crippen molar-refractivity contribution in [2.24, 2.45) is 0 Å². The molecule has 3 heterocycles. The molecule has 0 aromatic carbocycles. The van der Waals surface area contributed by atoms with Gasteiger partial charge in [0.25, 0.3) is 5.97 Å². The largest absolute Gasteiger partial charge is 0.365 e. The predicted molar refractivity (Wildman–Crippen MR) is 84.1 cm³/mol. The summed E-state index contributed by atoms with van der Waals surface area (Å²) in [5, 5.41) is 24.4. The highest BCUT2D eigenvalue weighted by molar-refractivity contribution is 6.22. The molecule has 0 spiro atoms. The van der Waals surface area contributed by atoms with Crippen LogP contribution >= 0.6 is 0 Å². The first kappa shape index (κ1) is 16.9. The van der Waals surface area contributed by atoms with E-state index >= 15 is 0 Å². The van der Waals surface area contributed by atoms with E-state index in [1.54, 1.807) is 6.92 Å². The number of ketones is 2. The Kier molecular flexibility index (Phi) is 4.37. The molecular weight excluding hydrogens is 314 g/mol. The first-order valence-corrected chi connectivity index (χ1v) is 8.29. The minimum atomic E-state index is -2.45. The van der Waals surface area contributed by atoms with Crippen LogP contribution in [0.2, 0.25) is 0 Å². The molecular formula is C16H23N3O5. The molecule has 3 fully saturated rings. The van der Waals surface area contributed by atoms with Crippen LogP contribution in [-0.4, -0.2) is 86.8 Å². The molecule has 3 saturated heterocycles. The number of rotatable bonds is 5. The number of aliphatic hydroxyl groups is 3. The van der Waals surface area contributed by atoms with Crippen molar-refractivity contribution < 1.29 is 24.9 Å². The van der Waals surface area contributed by atoms with Gasteiger partial charge in [0.15, 0.2) is 0 Å². The molecule has 1 aliphatic carbocycles. The minimum Gasteiger partial charge on any atom is -0.365 e. The molecule has 0 bridgehead atoms. The van der Waals surface area contributed by atoms with Crippen LogP contribution in [0.15, 0.2) is 23.2 Å². The normalized spacial score (nSPS) is 22.3. The van der Waals surface area contributed by atoms with Crippen molar-refractivity contribution >= 4 is 11.6 Å². The Labute approximate surface area is 140 Å². The molecule has 8 heteroatoms. The smallest absolute Gasteiger partial charge is 0.275 e. The van der Waals surface area contributed by atoms with Crippen LogP contribution in [0.1, 0.15) is 19.8 Å². The summed E-state index contributed by atoms with van der Waals surface area (Å²) in [6.45, 7) is 7.15. The van der Waals surface area contributed by atoms with E-state index in [0.29, 0.717) is 23.5 Å². The Hall–Kier alpha value is -1.90. The number of Topliss-reactive ketones (excluding diaryl/α,β-unsaturated/α-hetero) is 1. The molecule has 0 amide bonds. The molecule has 4 aliphatic rings. The second-order valence-corrected chi connectivity index (χ2v) is 6.41. The van der Waals surface area contributed by atoms with Crippen LogP contribution in [0.4, 0.5) is 0 Å². The van der Waals surface area contributed by atoms with Crippen molar-refractivity contribution in [3.63, 3.8) is 0 Å². The van der Waals surface area contributed by atoms with E-state index in [1.165, 1.54) is 6.08 Å². The summed E-state index contributed by atoms with van der Waals surface area (Å²) in [5.74, 6) is -2.40. The van der Waals surface area contributed by atoms with E-state index in [9.17, 15) is 9.59 Å². The molecule has 0 radical (unpaired) electrons. The number of allylic oxidation sites excluding steroid dienone is 1. The number of hydrogen-bond acceptors (Lipinski definition) is 8. The number of carbonyl (C=O) groups is 2. The van der Waals surface area contributed by atoms with Crippen LogP contribution in [0.3, 0.4) is 0 Å².